The number of amides is 2. The van der Waals surface area contributed by atoms with Crippen LogP contribution in [0.5, 0.6) is 0 Å². The van der Waals surface area contributed by atoms with Crippen LogP contribution in [-0.2, 0) is 32.5 Å². The fourth-order valence-corrected chi connectivity index (χ4v) is 4.18. The zero-order valence-electron chi connectivity index (χ0n) is 19.8. The summed E-state index contributed by atoms with van der Waals surface area (Å²) in [6, 6.07) is 17.4. The first-order chi connectivity index (χ1) is 16.5. The lowest BCUT2D eigenvalue weighted by atomic mass is 10.1. The Morgan fingerprint density at radius 1 is 1.00 bits per heavy atom. The largest absolute Gasteiger partial charge is 0.468 e. The van der Waals surface area contributed by atoms with Crippen LogP contribution in [0.25, 0.3) is 0 Å². The number of hydrogen-bond donors (Lipinski definition) is 3. The molecule has 3 aromatic rings. The van der Waals surface area contributed by atoms with Gasteiger partial charge >= 0.3 is 6.09 Å². The van der Waals surface area contributed by atoms with Crippen LogP contribution >= 0.6 is 0 Å². The van der Waals surface area contributed by atoms with Crippen LogP contribution in [0.1, 0.15) is 32.1 Å². The van der Waals surface area contributed by atoms with E-state index in [0.29, 0.717) is 5.76 Å². The van der Waals surface area contributed by atoms with Crippen LogP contribution in [0.15, 0.2) is 82.3 Å². The van der Waals surface area contributed by atoms with E-state index in [1.165, 1.54) is 24.5 Å². The number of alkyl carbamates (subject to hydrolysis) is 1. The summed E-state index contributed by atoms with van der Waals surface area (Å²) < 4.78 is 38.3. The molecule has 2 aromatic carbocycles. The summed E-state index contributed by atoms with van der Waals surface area (Å²) in [5.41, 5.74) is 0.366. The molecule has 0 spiro atoms. The van der Waals surface area contributed by atoms with Crippen molar-refractivity contribution in [2.75, 3.05) is 5.32 Å². The maximum atomic E-state index is 13.1. The highest BCUT2D eigenvalue weighted by Crippen LogP contribution is 2.17. The molecular weight excluding hydrogens is 470 g/mol. The Balaban J connectivity index is 1.74. The molecule has 3 rings (SSSR count). The summed E-state index contributed by atoms with van der Waals surface area (Å²) in [5.74, 6) is -0.0483. The van der Waals surface area contributed by atoms with Gasteiger partial charge in [-0.1, -0.05) is 36.4 Å². The normalized spacial score (nSPS) is 12.5. The summed E-state index contributed by atoms with van der Waals surface area (Å²) in [4.78, 5) is 25.4. The van der Waals surface area contributed by atoms with E-state index < -0.39 is 33.7 Å². The predicted octanol–water partition coefficient (Wildman–Crippen LogP) is 3.83. The Morgan fingerprint density at radius 3 is 2.40 bits per heavy atom. The third-order valence-corrected chi connectivity index (χ3v) is 6.12. The quantitative estimate of drug-likeness (QED) is 0.411. The van der Waals surface area contributed by atoms with Crippen LogP contribution in [0.3, 0.4) is 0 Å². The Hall–Kier alpha value is -3.63. The van der Waals surface area contributed by atoms with E-state index in [9.17, 15) is 18.0 Å². The Kier molecular flexibility index (Phi) is 8.31. The van der Waals surface area contributed by atoms with Crippen molar-refractivity contribution in [3.8, 4) is 0 Å². The van der Waals surface area contributed by atoms with Crippen LogP contribution in [-0.4, -0.2) is 32.1 Å². The number of sulfonamides is 1. The molecule has 0 aliphatic carbocycles. The minimum absolute atomic E-state index is 0.00905. The van der Waals surface area contributed by atoms with Gasteiger partial charge in [-0.25, -0.2) is 17.9 Å². The van der Waals surface area contributed by atoms with Gasteiger partial charge in [0.2, 0.25) is 15.9 Å². The van der Waals surface area contributed by atoms with E-state index in [1.807, 2.05) is 30.3 Å². The molecule has 0 aliphatic heterocycles. The number of carbonyl (C=O) groups is 2. The van der Waals surface area contributed by atoms with Crippen molar-refractivity contribution in [2.24, 2.45) is 0 Å². The van der Waals surface area contributed by atoms with Crippen LogP contribution < -0.4 is 15.4 Å². The minimum atomic E-state index is -3.85. The highest BCUT2D eigenvalue weighted by atomic mass is 32.2. The summed E-state index contributed by atoms with van der Waals surface area (Å²) in [7, 11) is -3.85. The second-order valence-corrected chi connectivity index (χ2v) is 10.6. The molecule has 10 heteroatoms. The van der Waals surface area contributed by atoms with Crippen LogP contribution in [0, 0.1) is 0 Å². The lowest BCUT2D eigenvalue weighted by Crippen LogP contribution is -2.47. The molecule has 0 bridgehead atoms. The number of rotatable bonds is 9. The fraction of sp³-hybridized carbons (Fsp3) is 0.280. The van der Waals surface area contributed by atoms with Gasteiger partial charge in [-0.05, 0) is 56.7 Å². The second kappa shape index (κ2) is 11.2. The van der Waals surface area contributed by atoms with Gasteiger partial charge in [0.15, 0.2) is 0 Å². The second-order valence-electron chi connectivity index (χ2n) is 8.81. The Morgan fingerprint density at radius 2 is 1.74 bits per heavy atom. The van der Waals surface area contributed by atoms with Crippen molar-refractivity contribution < 1.29 is 27.2 Å². The molecule has 1 unspecified atom stereocenters. The first-order valence-electron chi connectivity index (χ1n) is 11.0. The van der Waals surface area contributed by atoms with E-state index in [1.54, 1.807) is 39.0 Å². The maximum Gasteiger partial charge on any atom is 0.408 e. The van der Waals surface area contributed by atoms with Crippen molar-refractivity contribution >= 4 is 27.7 Å². The number of ether oxygens (including phenoxy) is 1. The van der Waals surface area contributed by atoms with Gasteiger partial charge in [0.05, 0.1) is 17.7 Å². The lowest BCUT2D eigenvalue weighted by Gasteiger charge is -2.23. The minimum Gasteiger partial charge on any atom is -0.468 e. The van der Waals surface area contributed by atoms with Crippen LogP contribution in [0.4, 0.5) is 10.5 Å². The van der Waals surface area contributed by atoms with Crippen molar-refractivity contribution in [3.05, 3.63) is 84.3 Å². The number of benzene rings is 2. The smallest absolute Gasteiger partial charge is 0.408 e. The Labute approximate surface area is 204 Å². The molecule has 0 saturated heterocycles. The third-order valence-electron chi connectivity index (χ3n) is 4.72. The average molecular weight is 500 g/mol. The van der Waals surface area contributed by atoms with Gasteiger partial charge in [-0.3, -0.25) is 4.79 Å². The van der Waals surface area contributed by atoms with Gasteiger partial charge in [0, 0.05) is 12.1 Å². The van der Waals surface area contributed by atoms with Crippen molar-refractivity contribution in [2.45, 2.75) is 50.3 Å². The number of hydrogen-bond acceptors (Lipinski definition) is 6. The highest BCUT2D eigenvalue weighted by molar-refractivity contribution is 7.89. The molecule has 1 atom stereocenters. The monoisotopic (exact) mass is 499 g/mol. The van der Waals surface area contributed by atoms with Crippen molar-refractivity contribution in [1.82, 2.24) is 10.0 Å². The zero-order chi connectivity index (χ0) is 25.5. The molecule has 1 aromatic heterocycles. The predicted molar refractivity (Wildman–Crippen MR) is 131 cm³/mol. The molecule has 1 heterocycles. The SMILES string of the molecule is CC(C)(C)OC(=O)NC(Cc1ccccc1)C(=O)Nc1cccc(S(=O)(=O)NCc2ccco2)c1. The molecule has 3 N–H and O–H groups in total. The van der Waals surface area contributed by atoms with Gasteiger partial charge in [0.25, 0.3) is 0 Å². The third kappa shape index (κ3) is 8.27. The summed E-state index contributed by atoms with van der Waals surface area (Å²) in [5, 5.41) is 5.30. The van der Waals surface area contributed by atoms with Crippen molar-refractivity contribution in [3.63, 3.8) is 0 Å². The number of anilines is 1. The van der Waals surface area contributed by atoms with E-state index in [4.69, 9.17) is 9.15 Å². The average Bonchev–Trinajstić information content (AvgIpc) is 3.31. The van der Waals surface area contributed by atoms with E-state index in [0.717, 1.165) is 5.56 Å². The lowest BCUT2D eigenvalue weighted by molar-refractivity contribution is -0.118. The molecule has 2 amide bonds. The topological polar surface area (TPSA) is 127 Å². The maximum absolute atomic E-state index is 13.1. The van der Waals surface area contributed by atoms with E-state index in [2.05, 4.69) is 15.4 Å². The number of nitrogens with one attached hydrogen (secondary N) is 3. The molecular formula is C25H29N3O6S. The summed E-state index contributed by atoms with van der Waals surface area (Å²) in [6.45, 7) is 5.17. The standard InChI is InChI=1S/C25H29N3O6S/c1-25(2,3)34-24(30)28-22(15-18-9-5-4-6-10-18)23(29)27-19-11-7-13-21(16-19)35(31,32)26-17-20-12-8-14-33-20/h4-14,16,22,26H,15,17H2,1-3H3,(H,27,29)(H,28,30). The van der Waals surface area contributed by atoms with Gasteiger partial charge in [-0.2, -0.15) is 0 Å². The van der Waals surface area contributed by atoms with E-state index >= 15 is 0 Å². The molecule has 0 fully saturated rings. The van der Waals surface area contributed by atoms with Gasteiger partial charge in [-0.15, -0.1) is 0 Å². The summed E-state index contributed by atoms with van der Waals surface area (Å²) >= 11 is 0. The van der Waals surface area contributed by atoms with E-state index in [-0.39, 0.29) is 23.5 Å². The first-order valence-corrected chi connectivity index (χ1v) is 12.5. The fourth-order valence-electron chi connectivity index (χ4n) is 3.14. The van der Waals surface area contributed by atoms with Gasteiger partial charge in [0.1, 0.15) is 17.4 Å². The first kappa shape index (κ1) is 26.0. The molecule has 35 heavy (non-hydrogen) atoms. The van der Waals surface area contributed by atoms with Crippen LogP contribution in [0.2, 0.25) is 0 Å². The molecule has 9 nitrogen and oxygen atoms in total. The number of furan rings is 1. The summed E-state index contributed by atoms with van der Waals surface area (Å²) in [6.07, 6.45) is 0.943. The molecule has 0 saturated carbocycles. The zero-order valence-corrected chi connectivity index (χ0v) is 20.6. The van der Waals surface area contributed by atoms with Crippen molar-refractivity contribution in [1.29, 1.82) is 0 Å². The molecule has 0 aliphatic rings. The van der Waals surface area contributed by atoms with Gasteiger partial charge < -0.3 is 19.8 Å². The highest BCUT2D eigenvalue weighted by Gasteiger charge is 2.25. The molecule has 186 valence electrons. The Bertz CT molecular complexity index is 1240. The number of carbonyl (C=O) groups excluding carboxylic acids is 2. The molecule has 0 radical (unpaired) electrons.